The van der Waals surface area contributed by atoms with Gasteiger partial charge < -0.3 is 15.1 Å². The standard InChI is InChI=1S/C29H33N3O4S/c1-37(35,36)27-14-12-25(13-15-27)30-28(33)22-23-16-18-31(19-17-23)20-21-32(26-10-6-3-7-11-26)29(34)24-8-4-2-5-9-24/h2-15,23H,16-22H2,1H3,(H,30,33). The largest absolute Gasteiger partial charge is 0.326 e. The number of hydrogen-bond acceptors (Lipinski definition) is 5. The second-order valence-corrected chi connectivity index (χ2v) is 11.5. The first kappa shape index (κ1) is 26.6. The summed E-state index contributed by atoms with van der Waals surface area (Å²) in [5.41, 5.74) is 2.15. The molecular weight excluding hydrogens is 486 g/mol. The Labute approximate surface area is 219 Å². The van der Waals surface area contributed by atoms with E-state index in [-0.39, 0.29) is 16.7 Å². The summed E-state index contributed by atoms with van der Waals surface area (Å²) in [5.74, 6) is 0.222. The van der Waals surface area contributed by atoms with Gasteiger partial charge in [0.2, 0.25) is 5.91 Å². The molecule has 0 aliphatic carbocycles. The monoisotopic (exact) mass is 519 g/mol. The Hall–Kier alpha value is -3.49. The second kappa shape index (κ2) is 12.2. The third-order valence-electron chi connectivity index (χ3n) is 6.72. The van der Waals surface area contributed by atoms with E-state index < -0.39 is 9.84 Å². The SMILES string of the molecule is CS(=O)(=O)c1ccc(NC(=O)CC2CCN(CCN(C(=O)c3ccccc3)c3ccccc3)CC2)cc1. The Morgan fingerprint density at radius 2 is 1.49 bits per heavy atom. The zero-order valence-electron chi connectivity index (χ0n) is 21.0. The number of rotatable bonds is 9. The van der Waals surface area contributed by atoms with Crippen molar-refractivity contribution < 1.29 is 18.0 Å². The molecule has 4 rings (SSSR count). The number of likely N-dealkylation sites (tertiary alicyclic amines) is 1. The number of amides is 2. The molecule has 8 heteroatoms. The maximum atomic E-state index is 13.2. The third-order valence-corrected chi connectivity index (χ3v) is 7.85. The lowest BCUT2D eigenvalue weighted by molar-refractivity contribution is -0.117. The van der Waals surface area contributed by atoms with E-state index in [9.17, 15) is 18.0 Å². The summed E-state index contributed by atoms with van der Waals surface area (Å²) in [6.07, 6.45) is 3.43. The van der Waals surface area contributed by atoms with Gasteiger partial charge in [0.25, 0.3) is 5.91 Å². The van der Waals surface area contributed by atoms with Crippen LogP contribution in [0, 0.1) is 5.92 Å². The molecule has 1 aliphatic rings. The topological polar surface area (TPSA) is 86.8 Å². The Balaban J connectivity index is 1.27. The summed E-state index contributed by atoms with van der Waals surface area (Å²) < 4.78 is 23.2. The van der Waals surface area contributed by atoms with E-state index in [1.54, 1.807) is 12.1 Å². The van der Waals surface area contributed by atoms with Crippen LogP contribution in [-0.2, 0) is 14.6 Å². The van der Waals surface area contributed by atoms with E-state index in [2.05, 4.69) is 10.2 Å². The molecule has 0 unspecified atom stereocenters. The number of hydrogen-bond donors (Lipinski definition) is 1. The smallest absolute Gasteiger partial charge is 0.258 e. The zero-order chi connectivity index (χ0) is 26.3. The van der Waals surface area contributed by atoms with Crippen molar-refractivity contribution in [1.82, 2.24) is 4.90 Å². The van der Waals surface area contributed by atoms with Crippen molar-refractivity contribution in [2.45, 2.75) is 24.2 Å². The summed E-state index contributed by atoms with van der Waals surface area (Å²) in [5, 5.41) is 2.87. The van der Waals surface area contributed by atoms with Crippen LogP contribution in [0.25, 0.3) is 0 Å². The van der Waals surface area contributed by atoms with Crippen LogP contribution in [0.4, 0.5) is 11.4 Å². The molecule has 0 bridgehead atoms. The minimum absolute atomic E-state index is 0.0112. The van der Waals surface area contributed by atoms with Gasteiger partial charge in [-0.3, -0.25) is 9.59 Å². The van der Waals surface area contributed by atoms with Gasteiger partial charge in [-0.05, 0) is 80.4 Å². The van der Waals surface area contributed by atoms with Gasteiger partial charge in [0.15, 0.2) is 9.84 Å². The molecule has 3 aromatic rings. The molecule has 194 valence electrons. The van der Waals surface area contributed by atoms with E-state index in [0.29, 0.717) is 30.1 Å². The van der Waals surface area contributed by atoms with Crippen molar-refractivity contribution in [2.24, 2.45) is 5.92 Å². The van der Waals surface area contributed by atoms with Crippen molar-refractivity contribution in [3.8, 4) is 0 Å². The van der Waals surface area contributed by atoms with Crippen molar-refractivity contribution in [3.05, 3.63) is 90.5 Å². The maximum absolute atomic E-state index is 13.2. The molecule has 37 heavy (non-hydrogen) atoms. The number of para-hydroxylation sites is 1. The predicted molar refractivity (Wildman–Crippen MR) is 147 cm³/mol. The lowest BCUT2D eigenvalue weighted by atomic mass is 9.93. The van der Waals surface area contributed by atoms with Crippen LogP contribution in [0.1, 0.15) is 29.6 Å². The molecule has 1 N–H and O–H groups in total. The molecule has 1 fully saturated rings. The summed E-state index contributed by atoms with van der Waals surface area (Å²) >= 11 is 0. The van der Waals surface area contributed by atoms with Crippen LogP contribution in [-0.4, -0.2) is 57.6 Å². The fourth-order valence-corrected chi connectivity index (χ4v) is 5.24. The number of carbonyl (C=O) groups excluding carboxylic acids is 2. The lowest BCUT2D eigenvalue weighted by Crippen LogP contribution is -2.42. The number of benzene rings is 3. The van der Waals surface area contributed by atoms with Crippen LogP contribution < -0.4 is 10.2 Å². The number of sulfone groups is 1. The Morgan fingerprint density at radius 1 is 0.892 bits per heavy atom. The summed E-state index contributed by atoms with van der Waals surface area (Å²) in [6, 6.07) is 25.3. The Kier molecular flexibility index (Phi) is 8.74. The number of nitrogens with zero attached hydrogens (tertiary/aromatic N) is 2. The van der Waals surface area contributed by atoms with Crippen LogP contribution in [0.3, 0.4) is 0 Å². The Bertz CT molecular complexity index is 1290. The van der Waals surface area contributed by atoms with E-state index in [1.165, 1.54) is 12.1 Å². The van der Waals surface area contributed by atoms with Gasteiger partial charge in [0.1, 0.15) is 0 Å². The van der Waals surface area contributed by atoms with Gasteiger partial charge in [-0.15, -0.1) is 0 Å². The molecule has 3 aromatic carbocycles. The molecule has 0 saturated carbocycles. The van der Waals surface area contributed by atoms with Crippen LogP contribution in [0.15, 0.2) is 89.8 Å². The molecule has 7 nitrogen and oxygen atoms in total. The van der Waals surface area contributed by atoms with Gasteiger partial charge in [-0.25, -0.2) is 8.42 Å². The number of carbonyl (C=O) groups is 2. The highest BCUT2D eigenvalue weighted by atomic mass is 32.2. The molecule has 2 amide bonds. The van der Waals surface area contributed by atoms with Crippen molar-refractivity contribution in [2.75, 3.05) is 42.7 Å². The molecule has 0 atom stereocenters. The summed E-state index contributed by atoms with van der Waals surface area (Å²) in [4.78, 5) is 30.2. The molecule has 0 spiro atoms. The fourth-order valence-electron chi connectivity index (χ4n) is 4.61. The normalized spacial score (nSPS) is 14.7. The number of anilines is 2. The molecule has 1 heterocycles. The molecule has 0 radical (unpaired) electrons. The first-order chi connectivity index (χ1) is 17.8. The van der Waals surface area contributed by atoms with Gasteiger partial charge in [0, 0.05) is 42.7 Å². The Morgan fingerprint density at radius 3 is 2.08 bits per heavy atom. The molecule has 1 aliphatic heterocycles. The number of nitrogens with one attached hydrogen (secondary N) is 1. The van der Waals surface area contributed by atoms with Crippen molar-refractivity contribution >= 4 is 33.0 Å². The minimum atomic E-state index is -3.26. The summed E-state index contributed by atoms with van der Waals surface area (Å²) in [6.45, 7) is 3.11. The molecule has 0 aromatic heterocycles. The van der Waals surface area contributed by atoms with Crippen molar-refractivity contribution in [3.63, 3.8) is 0 Å². The second-order valence-electron chi connectivity index (χ2n) is 9.49. The molecule has 1 saturated heterocycles. The van der Waals surface area contributed by atoms with E-state index >= 15 is 0 Å². The van der Waals surface area contributed by atoms with Crippen LogP contribution in [0.2, 0.25) is 0 Å². The minimum Gasteiger partial charge on any atom is -0.326 e. The predicted octanol–water partition coefficient (Wildman–Crippen LogP) is 4.48. The average molecular weight is 520 g/mol. The highest BCUT2D eigenvalue weighted by molar-refractivity contribution is 7.90. The van der Waals surface area contributed by atoms with E-state index in [4.69, 9.17) is 0 Å². The summed E-state index contributed by atoms with van der Waals surface area (Å²) in [7, 11) is -3.26. The highest BCUT2D eigenvalue weighted by Crippen LogP contribution is 2.23. The quantitative estimate of drug-likeness (QED) is 0.451. The van der Waals surface area contributed by atoms with Gasteiger partial charge >= 0.3 is 0 Å². The zero-order valence-corrected chi connectivity index (χ0v) is 21.9. The van der Waals surface area contributed by atoms with E-state index in [0.717, 1.165) is 44.4 Å². The number of piperidine rings is 1. The maximum Gasteiger partial charge on any atom is 0.258 e. The fraction of sp³-hybridized carbons (Fsp3) is 0.310. The third kappa shape index (κ3) is 7.50. The lowest BCUT2D eigenvalue weighted by Gasteiger charge is -2.33. The van der Waals surface area contributed by atoms with Gasteiger partial charge in [-0.1, -0.05) is 36.4 Å². The first-order valence-electron chi connectivity index (χ1n) is 12.5. The molecular formula is C29H33N3O4S. The first-order valence-corrected chi connectivity index (χ1v) is 14.4. The van der Waals surface area contributed by atoms with Crippen LogP contribution in [0.5, 0.6) is 0 Å². The van der Waals surface area contributed by atoms with Crippen molar-refractivity contribution in [1.29, 1.82) is 0 Å². The van der Waals surface area contributed by atoms with Crippen LogP contribution >= 0.6 is 0 Å². The van der Waals surface area contributed by atoms with Gasteiger partial charge in [0.05, 0.1) is 4.90 Å². The average Bonchev–Trinajstić information content (AvgIpc) is 2.90. The van der Waals surface area contributed by atoms with E-state index in [1.807, 2.05) is 65.6 Å². The van der Waals surface area contributed by atoms with Gasteiger partial charge in [-0.2, -0.15) is 0 Å². The highest BCUT2D eigenvalue weighted by Gasteiger charge is 2.24.